The summed E-state index contributed by atoms with van der Waals surface area (Å²) in [6.07, 6.45) is 0. The Hall–Kier alpha value is -1.26. The molecule has 0 aliphatic rings. The summed E-state index contributed by atoms with van der Waals surface area (Å²) < 4.78 is 61.7. The van der Waals surface area contributed by atoms with Gasteiger partial charge in [0.1, 0.15) is 11.0 Å². The summed E-state index contributed by atoms with van der Waals surface area (Å²) in [6.45, 7) is 0. The Morgan fingerprint density at radius 2 is 1.30 bits per heavy atom. The summed E-state index contributed by atoms with van der Waals surface area (Å²) in [4.78, 5) is 1.52. The van der Waals surface area contributed by atoms with Crippen LogP contribution in [0.2, 0.25) is 0 Å². The van der Waals surface area contributed by atoms with Crippen LogP contribution in [0.1, 0.15) is 0 Å². The Kier molecular flexibility index (Phi) is 8.42. The molecule has 1 heterocycles. The summed E-state index contributed by atoms with van der Waals surface area (Å²) in [6, 6.07) is 7.76. The van der Waals surface area contributed by atoms with Crippen molar-refractivity contribution in [3.8, 4) is 0 Å². The Morgan fingerprint density at radius 1 is 0.889 bits per heavy atom. The van der Waals surface area contributed by atoms with Crippen molar-refractivity contribution in [2.45, 2.75) is 0 Å². The van der Waals surface area contributed by atoms with Gasteiger partial charge in [0.05, 0.1) is 0 Å². The van der Waals surface area contributed by atoms with E-state index in [1.54, 1.807) is 0 Å². The molecule has 1 aromatic heterocycles. The van der Waals surface area contributed by atoms with Crippen molar-refractivity contribution in [2.24, 2.45) is 0 Å². The van der Waals surface area contributed by atoms with E-state index in [0.29, 0.717) is 0 Å². The summed E-state index contributed by atoms with van der Waals surface area (Å²) in [7, 11) is 1.35. The Labute approximate surface area is 154 Å². The Balaban J connectivity index is 0.000000842. The fraction of sp³-hybridized carbons (Fsp3) is 0.500. The quantitative estimate of drug-likeness (QED) is 0.513. The molecule has 0 radical (unpaired) electrons. The normalized spacial score (nSPS) is 13.8. The monoisotopic (exact) mass is 442 g/mol. The maximum atomic E-state index is 9.84. The van der Waals surface area contributed by atoms with E-state index in [-0.39, 0.29) is 4.70 Å². The summed E-state index contributed by atoms with van der Waals surface area (Å²) in [5.74, 6) is 0. The molecule has 0 aliphatic heterocycles. The van der Waals surface area contributed by atoms with Gasteiger partial charge in [-0.25, -0.2) is 0 Å². The second kappa shape index (κ2) is 8.83. The third-order valence-corrected chi connectivity index (χ3v) is 6.57. The van der Waals surface area contributed by atoms with Gasteiger partial charge in [-0.1, -0.05) is 12.1 Å². The van der Waals surface area contributed by atoms with Gasteiger partial charge in [0, 0.05) is 42.3 Å². The second-order valence-electron chi connectivity index (χ2n) is 5.73. The molecule has 0 atom stereocenters. The minimum Gasteiger partial charge on any atom is -1.00 e. The van der Waals surface area contributed by atoms with E-state index in [1.165, 1.54) is 4.85 Å². The molecule has 0 amide bonds. The number of benzene rings is 1. The summed E-state index contributed by atoms with van der Waals surface area (Å²) in [5, 5.41) is 8.25. The van der Waals surface area contributed by atoms with E-state index >= 15 is 0 Å². The average Bonchev–Trinajstić information content (AvgIpc) is 2.83. The molecule has 0 bridgehead atoms. The van der Waals surface area contributed by atoms with Crippen LogP contribution in [0.5, 0.6) is 0 Å². The van der Waals surface area contributed by atoms with Crippen LogP contribution in [0.3, 0.4) is 0 Å². The number of halogens is 6. The van der Waals surface area contributed by atoms with E-state index in [1.807, 2.05) is 66.6 Å². The van der Waals surface area contributed by atoms with E-state index in [9.17, 15) is 21.0 Å². The number of fused-ring (bicyclic) bond motifs is 1. The molecule has 0 N–H and O–H groups in total. The molecule has 0 aliphatic carbocycles. The molecule has 0 saturated heterocycles. The van der Waals surface area contributed by atoms with Gasteiger partial charge in [-0.3, -0.25) is 0 Å². The van der Waals surface area contributed by atoms with Gasteiger partial charge in [-0.15, -0.1) is 19.1 Å². The van der Waals surface area contributed by atoms with Crippen molar-refractivity contribution >= 4 is 27.1 Å². The number of rotatable bonds is 5. The zero-order valence-corrected chi connectivity index (χ0v) is 17.4. The van der Waals surface area contributed by atoms with E-state index in [2.05, 4.69) is 24.3 Å². The van der Waals surface area contributed by atoms with Crippen LogP contribution in [0.15, 0.2) is 24.3 Å². The molecule has 2 aromatic rings. The van der Waals surface area contributed by atoms with Crippen LogP contribution in [0.25, 0.3) is 11.0 Å². The molecule has 7 nitrogen and oxygen atoms in total. The van der Waals surface area contributed by atoms with Crippen molar-refractivity contribution in [2.75, 3.05) is 42.3 Å². The van der Waals surface area contributed by atoms with Gasteiger partial charge in [0.2, 0.25) is 0 Å². The van der Waals surface area contributed by atoms with Crippen LogP contribution in [-0.4, -0.2) is 71.5 Å². The molecule has 0 unspecified atom stereocenters. The molecule has 27 heavy (non-hydrogen) atoms. The number of aromatic nitrogens is 3. The first-order valence-corrected chi connectivity index (χ1v) is 10.4. The largest absolute Gasteiger partial charge is 1.00 e. The van der Waals surface area contributed by atoms with Crippen LogP contribution < -0.4 is 9.33 Å². The molecule has 0 spiro atoms. The minimum absolute atomic E-state index is 0. The van der Waals surface area contributed by atoms with E-state index in [4.69, 9.17) is 4.62 Å². The Bertz CT molecular complexity index is 697. The van der Waals surface area contributed by atoms with Gasteiger partial charge in [0.25, 0.3) is 0 Å². The molecular formula is C12H22F6N6OP2. The number of hydrogen-bond acceptors (Lipinski definition) is 6. The van der Waals surface area contributed by atoms with Crippen molar-refractivity contribution in [1.29, 1.82) is 0 Å². The zero-order chi connectivity index (χ0) is 20.4. The Morgan fingerprint density at radius 3 is 1.70 bits per heavy atom. The topological polar surface area (TPSA) is 49.7 Å². The van der Waals surface area contributed by atoms with Crippen molar-refractivity contribution < 1.29 is 30.3 Å². The zero-order valence-electron chi connectivity index (χ0n) is 15.6. The molecular weight excluding hydrogens is 420 g/mol. The fourth-order valence-electron chi connectivity index (χ4n) is 2.30. The molecule has 1 aromatic carbocycles. The number of para-hydroxylation sites is 1. The summed E-state index contributed by atoms with van der Waals surface area (Å²) >= 11 is 0. The first-order chi connectivity index (χ1) is 11.6. The maximum absolute atomic E-state index is 9.84. The van der Waals surface area contributed by atoms with E-state index in [0.717, 1.165) is 11.0 Å². The predicted octanol–water partition coefficient (Wildman–Crippen LogP) is 1.19. The fourth-order valence-corrected chi connectivity index (χ4v) is 5.22. The van der Waals surface area contributed by atoms with Crippen LogP contribution in [0, 0.1) is 0 Å². The predicted molar refractivity (Wildman–Crippen MR) is 94.5 cm³/mol. The molecule has 2 rings (SSSR count). The van der Waals surface area contributed by atoms with Gasteiger partial charge in [0.15, 0.2) is 0 Å². The standard InChI is InChI=1S/C12H22N6OP.F5P.FH/c1-15(2)20(16(3)4,17(5)6)19-18-12-10-8-7-9-11(12)13-14-18;1-6(2,3,4)5;/h7-10H,1-6H3;;1H/q+1;;/p-1. The maximum Gasteiger partial charge on any atom is -1.00 e. The van der Waals surface area contributed by atoms with Gasteiger partial charge in [-0.2, -0.15) is 4.62 Å². The minimum atomic E-state index is -8.55. The molecule has 158 valence electrons. The van der Waals surface area contributed by atoms with Gasteiger partial charge in [-0.05, 0) is 22.2 Å². The van der Waals surface area contributed by atoms with Gasteiger partial charge >= 0.3 is 37.1 Å². The third-order valence-electron chi connectivity index (χ3n) is 3.07. The van der Waals surface area contributed by atoms with Crippen molar-refractivity contribution in [3.05, 3.63) is 24.3 Å². The summed E-state index contributed by atoms with van der Waals surface area (Å²) in [5.41, 5.74) is 1.68. The number of hydrogen-bond donors (Lipinski definition) is 0. The van der Waals surface area contributed by atoms with Crippen molar-refractivity contribution in [3.63, 3.8) is 0 Å². The first-order valence-electron chi connectivity index (χ1n) is 7.17. The molecule has 0 saturated carbocycles. The van der Waals surface area contributed by atoms with E-state index < -0.39 is 16.1 Å². The second-order valence-corrected chi connectivity index (χ2v) is 10.6. The first kappa shape index (κ1) is 25.7. The number of nitrogens with zero attached hydrogens (tertiary/aromatic N) is 6. The smallest absolute Gasteiger partial charge is 1.00 e. The van der Waals surface area contributed by atoms with Crippen LogP contribution in [-0.2, 0) is 0 Å². The molecule has 15 heteroatoms. The molecule has 0 fully saturated rings. The van der Waals surface area contributed by atoms with Crippen LogP contribution >= 0.6 is 16.1 Å². The van der Waals surface area contributed by atoms with Gasteiger partial charge < -0.3 is 4.70 Å². The third kappa shape index (κ3) is 7.34. The average molecular weight is 442 g/mol. The van der Waals surface area contributed by atoms with Crippen molar-refractivity contribution in [1.82, 2.24) is 29.2 Å². The van der Waals surface area contributed by atoms with Crippen LogP contribution in [0.4, 0.5) is 21.0 Å². The SMILES string of the molecule is CN(C)[P+](On1nnc2ccccc21)(N(C)C)N(C)C.FP(F)(F)(F)F.[F-].